The minimum absolute atomic E-state index is 0.107. The fourth-order valence-electron chi connectivity index (χ4n) is 2.39. The molecule has 2 rings (SSSR count). The Balaban J connectivity index is 2.31. The van der Waals surface area contributed by atoms with Crippen molar-refractivity contribution in [3.8, 4) is 23.0 Å². The van der Waals surface area contributed by atoms with Gasteiger partial charge in [0.2, 0.25) is 0 Å². The zero-order valence-electron chi connectivity index (χ0n) is 12.1. The van der Waals surface area contributed by atoms with Crippen LogP contribution in [0.25, 0.3) is 0 Å². The highest BCUT2D eigenvalue weighted by Crippen LogP contribution is 2.40. The maximum absolute atomic E-state index is 12.1. The minimum atomic E-state index is -0.459. The van der Waals surface area contributed by atoms with E-state index in [0.29, 0.717) is 0 Å². The van der Waals surface area contributed by atoms with Crippen LogP contribution in [0, 0.1) is 5.92 Å². The summed E-state index contributed by atoms with van der Waals surface area (Å²) in [5, 5.41) is 0. The fourth-order valence-corrected chi connectivity index (χ4v) is 2.39. The van der Waals surface area contributed by atoms with Crippen LogP contribution >= 0.6 is 0 Å². The molecule has 8 heteroatoms. The normalized spacial score (nSPS) is 13.9. The first kappa shape index (κ1) is 16.5. The van der Waals surface area contributed by atoms with E-state index in [1.165, 1.54) is 0 Å². The van der Waals surface area contributed by atoms with Crippen molar-refractivity contribution in [2.45, 2.75) is 25.7 Å². The average molecular weight is 322 g/mol. The zero-order valence-corrected chi connectivity index (χ0v) is 12.1. The van der Waals surface area contributed by atoms with Crippen molar-refractivity contribution < 1.29 is 38.1 Å². The Morgan fingerprint density at radius 2 is 1.26 bits per heavy atom. The molecule has 23 heavy (non-hydrogen) atoms. The Kier molecular flexibility index (Phi) is 5.67. The summed E-state index contributed by atoms with van der Waals surface area (Å²) < 4.78 is 19.3. The average Bonchev–Trinajstić information content (AvgIpc) is 3.06. The summed E-state index contributed by atoms with van der Waals surface area (Å²) in [5.74, 6) is -1.24. The van der Waals surface area contributed by atoms with E-state index in [9.17, 15) is 19.2 Å². The number of esters is 1. The lowest BCUT2D eigenvalue weighted by molar-refractivity contribution is -0.139. The van der Waals surface area contributed by atoms with Gasteiger partial charge in [0.05, 0.1) is 5.92 Å². The molecule has 0 atom stereocenters. The molecule has 0 bridgehead atoms. The summed E-state index contributed by atoms with van der Waals surface area (Å²) in [5.41, 5.74) is 0. The standard InChI is InChI=1S/C15H14O8/c16-7-20-11-5-13(22-9-18)14(6-12(11)21-8-17)23-15(19)10-3-1-2-4-10/h5-10H,1-4H2. The van der Waals surface area contributed by atoms with Crippen LogP contribution in [0.3, 0.4) is 0 Å². The largest absolute Gasteiger partial charge is 0.425 e. The number of carbonyl (C=O) groups is 4. The summed E-state index contributed by atoms with van der Waals surface area (Å²) >= 11 is 0. The van der Waals surface area contributed by atoms with Crippen LogP contribution in [0.1, 0.15) is 25.7 Å². The molecule has 0 unspecified atom stereocenters. The summed E-state index contributed by atoms with van der Waals surface area (Å²) in [6.45, 7) is 0.366. The van der Waals surface area contributed by atoms with E-state index in [1.54, 1.807) is 0 Å². The first-order valence-corrected chi connectivity index (χ1v) is 6.90. The van der Waals surface area contributed by atoms with Crippen LogP contribution in [-0.2, 0) is 19.2 Å². The van der Waals surface area contributed by atoms with Crippen molar-refractivity contribution in [2.75, 3.05) is 0 Å². The molecule has 0 saturated heterocycles. The molecule has 1 fully saturated rings. The number of ether oxygens (including phenoxy) is 4. The number of benzene rings is 1. The van der Waals surface area contributed by atoms with Gasteiger partial charge in [0.25, 0.3) is 19.4 Å². The molecule has 1 aromatic carbocycles. The van der Waals surface area contributed by atoms with E-state index in [0.717, 1.165) is 37.8 Å². The van der Waals surface area contributed by atoms with Crippen molar-refractivity contribution in [1.29, 1.82) is 0 Å². The van der Waals surface area contributed by atoms with Gasteiger partial charge in [0.1, 0.15) is 0 Å². The van der Waals surface area contributed by atoms with E-state index >= 15 is 0 Å². The minimum Gasteiger partial charge on any atom is -0.425 e. The van der Waals surface area contributed by atoms with Gasteiger partial charge in [0.15, 0.2) is 23.0 Å². The molecular weight excluding hydrogens is 308 g/mol. The first-order valence-electron chi connectivity index (χ1n) is 6.90. The zero-order chi connectivity index (χ0) is 16.7. The van der Waals surface area contributed by atoms with Gasteiger partial charge in [-0.15, -0.1) is 0 Å². The quantitative estimate of drug-likeness (QED) is 0.401. The van der Waals surface area contributed by atoms with Gasteiger partial charge in [-0.1, -0.05) is 12.8 Å². The second-order valence-electron chi connectivity index (χ2n) is 4.79. The highest BCUT2D eigenvalue weighted by atomic mass is 16.6. The highest BCUT2D eigenvalue weighted by Gasteiger charge is 2.26. The van der Waals surface area contributed by atoms with Gasteiger partial charge in [-0.25, -0.2) is 0 Å². The third kappa shape index (κ3) is 4.06. The van der Waals surface area contributed by atoms with Crippen molar-refractivity contribution >= 4 is 25.4 Å². The van der Waals surface area contributed by atoms with Crippen LogP contribution in [0.5, 0.6) is 23.0 Å². The van der Waals surface area contributed by atoms with Crippen molar-refractivity contribution in [3.63, 3.8) is 0 Å². The molecule has 0 radical (unpaired) electrons. The predicted molar refractivity (Wildman–Crippen MR) is 74.1 cm³/mol. The Bertz CT molecular complexity index is 604. The summed E-state index contributed by atoms with van der Waals surface area (Å²) in [4.78, 5) is 43.7. The van der Waals surface area contributed by atoms with E-state index in [2.05, 4.69) is 9.47 Å². The van der Waals surface area contributed by atoms with E-state index in [4.69, 9.17) is 9.47 Å². The van der Waals surface area contributed by atoms with Crippen LogP contribution < -0.4 is 18.9 Å². The van der Waals surface area contributed by atoms with E-state index < -0.39 is 5.97 Å². The highest BCUT2D eigenvalue weighted by molar-refractivity contribution is 5.77. The molecule has 0 heterocycles. The molecule has 122 valence electrons. The molecule has 1 saturated carbocycles. The summed E-state index contributed by atoms with van der Waals surface area (Å²) in [7, 11) is 0. The molecule has 8 nitrogen and oxygen atoms in total. The van der Waals surface area contributed by atoms with Gasteiger partial charge >= 0.3 is 5.97 Å². The summed E-state index contributed by atoms with van der Waals surface area (Å²) in [6.07, 6.45) is 3.35. The topological polar surface area (TPSA) is 105 Å². The Morgan fingerprint density at radius 1 is 0.826 bits per heavy atom. The van der Waals surface area contributed by atoms with Crippen molar-refractivity contribution in [2.24, 2.45) is 5.92 Å². The number of hydrogen-bond donors (Lipinski definition) is 0. The second-order valence-corrected chi connectivity index (χ2v) is 4.79. The van der Waals surface area contributed by atoms with Crippen LogP contribution in [0.2, 0.25) is 0 Å². The fraction of sp³-hybridized carbons (Fsp3) is 0.333. The van der Waals surface area contributed by atoms with Crippen LogP contribution in [-0.4, -0.2) is 25.4 Å². The maximum atomic E-state index is 12.1. The van der Waals surface area contributed by atoms with Crippen LogP contribution in [0.15, 0.2) is 12.1 Å². The van der Waals surface area contributed by atoms with Gasteiger partial charge < -0.3 is 18.9 Å². The predicted octanol–water partition coefficient (Wildman–Crippen LogP) is 1.39. The monoisotopic (exact) mass is 322 g/mol. The van der Waals surface area contributed by atoms with E-state index in [1.807, 2.05) is 0 Å². The lowest BCUT2D eigenvalue weighted by Gasteiger charge is -2.14. The van der Waals surface area contributed by atoms with E-state index in [-0.39, 0.29) is 48.3 Å². The molecule has 1 aromatic rings. The van der Waals surface area contributed by atoms with Gasteiger partial charge in [-0.3, -0.25) is 19.2 Å². The Morgan fingerprint density at radius 3 is 1.74 bits per heavy atom. The molecule has 0 spiro atoms. The molecule has 0 aliphatic heterocycles. The third-order valence-electron chi connectivity index (χ3n) is 3.43. The molecular formula is C15H14O8. The summed E-state index contributed by atoms with van der Waals surface area (Å²) in [6, 6.07) is 2.25. The second kappa shape index (κ2) is 7.92. The molecule has 1 aliphatic carbocycles. The van der Waals surface area contributed by atoms with Gasteiger partial charge in [0, 0.05) is 12.1 Å². The lowest BCUT2D eigenvalue weighted by atomic mass is 10.1. The maximum Gasteiger partial charge on any atom is 0.314 e. The molecule has 0 N–H and O–H groups in total. The molecule has 0 amide bonds. The van der Waals surface area contributed by atoms with Crippen molar-refractivity contribution in [3.05, 3.63) is 12.1 Å². The smallest absolute Gasteiger partial charge is 0.314 e. The number of rotatable bonds is 8. The van der Waals surface area contributed by atoms with Gasteiger partial charge in [-0.05, 0) is 12.8 Å². The third-order valence-corrected chi connectivity index (χ3v) is 3.43. The number of carbonyl (C=O) groups excluding carboxylic acids is 4. The lowest BCUT2D eigenvalue weighted by Crippen LogP contribution is -2.18. The van der Waals surface area contributed by atoms with Crippen LogP contribution in [0.4, 0.5) is 0 Å². The SMILES string of the molecule is O=COc1cc(OC=O)c(OC(=O)C2CCCC2)cc1OC=O. The molecule has 0 aromatic heterocycles. The molecule has 1 aliphatic rings. The number of hydrogen-bond acceptors (Lipinski definition) is 8. The Hall–Kier alpha value is -2.90. The van der Waals surface area contributed by atoms with Crippen molar-refractivity contribution in [1.82, 2.24) is 0 Å². The van der Waals surface area contributed by atoms with Gasteiger partial charge in [-0.2, -0.15) is 0 Å². The Labute approximate surface area is 131 Å². The first-order chi connectivity index (χ1) is 11.2.